The average molecular weight is 781 g/mol. The Hall–Kier alpha value is -8.02. The van der Waals surface area contributed by atoms with Crippen LogP contribution in [0.3, 0.4) is 0 Å². The van der Waals surface area contributed by atoms with Crippen molar-refractivity contribution in [2.45, 2.75) is 12.6 Å². The van der Waals surface area contributed by atoms with E-state index in [1.165, 1.54) is 37.7 Å². The molecular weight excluding hydrogens is 745 g/mol. The SMILES string of the molecule is CC1(c2ccc(-n3c4ccccc4c4cc5ccccc5cc43)c3c2oc2ccccc23)N=C(c2cc3ccccc3c3ccccc23)N=C(c2ccc3ccccc3c2)N1. The third-order valence-corrected chi connectivity index (χ3v) is 12.8. The summed E-state index contributed by atoms with van der Waals surface area (Å²) >= 11 is 0. The number of hydrogen-bond acceptors (Lipinski definition) is 4. The summed E-state index contributed by atoms with van der Waals surface area (Å²) in [6, 6.07) is 69.2. The second-order valence-corrected chi connectivity index (χ2v) is 16.3. The Labute approximate surface area is 350 Å². The number of furan rings is 1. The number of hydrogen-bond donors (Lipinski definition) is 1. The number of benzene rings is 10. The van der Waals surface area contributed by atoms with Crippen molar-refractivity contribution in [3.8, 4) is 5.69 Å². The average Bonchev–Trinajstić information content (AvgIpc) is 3.86. The minimum absolute atomic E-state index is 0.661. The fraction of sp³-hybridized carbons (Fsp3) is 0.0357. The topological polar surface area (TPSA) is 54.8 Å². The van der Waals surface area contributed by atoms with Crippen molar-refractivity contribution in [3.05, 3.63) is 211 Å². The maximum absolute atomic E-state index is 7.04. The molecule has 3 heterocycles. The molecule has 13 rings (SSSR count). The van der Waals surface area contributed by atoms with Crippen LogP contribution in [0.4, 0.5) is 0 Å². The zero-order valence-corrected chi connectivity index (χ0v) is 33.2. The molecule has 0 aliphatic carbocycles. The van der Waals surface area contributed by atoms with E-state index < -0.39 is 5.66 Å². The lowest BCUT2D eigenvalue weighted by Gasteiger charge is -2.33. The molecule has 0 saturated carbocycles. The van der Waals surface area contributed by atoms with Crippen LogP contribution < -0.4 is 5.32 Å². The van der Waals surface area contributed by atoms with Crippen LogP contribution in [0.2, 0.25) is 0 Å². The fourth-order valence-corrected chi connectivity index (χ4v) is 9.88. The molecular formula is C56H36N4O. The molecule has 61 heavy (non-hydrogen) atoms. The van der Waals surface area contributed by atoms with Gasteiger partial charge in [0.05, 0.1) is 22.1 Å². The Morgan fingerprint density at radius 1 is 0.492 bits per heavy atom. The van der Waals surface area contributed by atoms with E-state index in [1.54, 1.807) is 0 Å². The summed E-state index contributed by atoms with van der Waals surface area (Å²) in [6.07, 6.45) is 0. The smallest absolute Gasteiger partial charge is 0.160 e. The maximum Gasteiger partial charge on any atom is 0.160 e. The van der Waals surface area contributed by atoms with Gasteiger partial charge in [0.25, 0.3) is 0 Å². The summed E-state index contributed by atoms with van der Waals surface area (Å²) in [6.45, 7) is 2.15. The highest BCUT2D eigenvalue weighted by molar-refractivity contribution is 6.23. The van der Waals surface area contributed by atoms with Gasteiger partial charge in [-0.15, -0.1) is 0 Å². The Kier molecular flexibility index (Phi) is 7.08. The lowest BCUT2D eigenvalue weighted by Crippen LogP contribution is -2.46. The highest BCUT2D eigenvalue weighted by atomic mass is 16.3. The second-order valence-electron chi connectivity index (χ2n) is 16.3. The minimum atomic E-state index is -0.994. The molecule has 1 atom stereocenters. The van der Waals surface area contributed by atoms with E-state index >= 15 is 0 Å². The highest BCUT2D eigenvalue weighted by Gasteiger charge is 2.36. The third-order valence-electron chi connectivity index (χ3n) is 12.8. The molecule has 10 aromatic carbocycles. The standard InChI is InChI=1S/C56H36N4O/c1-56(58-54(39-27-26-34-14-2-3-15-35(34)30-39)57-55(59-56)46-32-38-18-6-7-19-40(38)41-20-8-9-21-42(41)46)47-28-29-49(52-44-23-11-13-25-51(44)61-53(47)52)60-48-24-12-10-22-43(48)45-31-36-16-4-5-17-37(36)33-50(45)60/h2-33H,1H3,(H,57,58,59). The van der Waals surface area contributed by atoms with Gasteiger partial charge in [-0.1, -0.05) is 146 Å². The maximum atomic E-state index is 7.04. The molecule has 1 unspecified atom stereocenters. The monoisotopic (exact) mass is 780 g/mol. The minimum Gasteiger partial charge on any atom is -0.456 e. The normalized spacial score (nSPS) is 15.7. The zero-order chi connectivity index (χ0) is 40.2. The van der Waals surface area contributed by atoms with Crippen LogP contribution in [0.1, 0.15) is 23.6 Å². The quantitative estimate of drug-likeness (QED) is 0.181. The summed E-state index contributed by atoms with van der Waals surface area (Å²) in [5.74, 6) is 1.41. The largest absolute Gasteiger partial charge is 0.456 e. The molecule has 0 saturated heterocycles. The molecule has 5 nitrogen and oxygen atoms in total. The van der Waals surface area contributed by atoms with Crippen molar-refractivity contribution < 1.29 is 4.42 Å². The van der Waals surface area contributed by atoms with Crippen LogP contribution in [0.5, 0.6) is 0 Å². The molecule has 1 N–H and O–H groups in total. The number of para-hydroxylation sites is 2. The van der Waals surface area contributed by atoms with E-state index in [9.17, 15) is 0 Å². The predicted molar refractivity (Wildman–Crippen MR) is 255 cm³/mol. The lowest BCUT2D eigenvalue weighted by molar-refractivity contribution is 0.452. The van der Waals surface area contributed by atoms with Gasteiger partial charge >= 0.3 is 0 Å². The summed E-state index contributed by atoms with van der Waals surface area (Å²) < 4.78 is 9.46. The Balaban J connectivity index is 1.09. The van der Waals surface area contributed by atoms with E-state index in [2.05, 4.69) is 205 Å². The van der Waals surface area contributed by atoms with E-state index in [0.29, 0.717) is 5.84 Å². The number of aromatic nitrogens is 1. The van der Waals surface area contributed by atoms with Crippen LogP contribution in [-0.2, 0) is 5.66 Å². The van der Waals surface area contributed by atoms with E-state index in [1.807, 2.05) is 6.07 Å². The van der Waals surface area contributed by atoms with Gasteiger partial charge < -0.3 is 14.3 Å². The Morgan fingerprint density at radius 3 is 1.95 bits per heavy atom. The first-order valence-corrected chi connectivity index (χ1v) is 20.8. The number of nitrogens with zero attached hydrogens (tertiary/aromatic N) is 3. The summed E-state index contributed by atoms with van der Waals surface area (Å²) in [7, 11) is 0. The Bertz CT molecular complexity index is 3890. The van der Waals surface area contributed by atoms with Crippen molar-refractivity contribution >= 4 is 98.5 Å². The first-order chi connectivity index (χ1) is 30.1. The summed E-state index contributed by atoms with van der Waals surface area (Å²) in [5, 5.41) is 17.8. The van der Waals surface area contributed by atoms with Gasteiger partial charge in [-0.05, 0) is 98.5 Å². The highest BCUT2D eigenvalue weighted by Crippen LogP contribution is 2.44. The third kappa shape index (κ3) is 5.07. The molecule has 5 heteroatoms. The van der Waals surface area contributed by atoms with Crippen LogP contribution in [0.25, 0.3) is 92.5 Å². The molecule has 0 radical (unpaired) electrons. The van der Waals surface area contributed by atoms with E-state index in [-0.39, 0.29) is 0 Å². The van der Waals surface area contributed by atoms with Crippen LogP contribution in [0.15, 0.2) is 209 Å². The molecule has 1 aliphatic heterocycles. The van der Waals surface area contributed by atoms with Gasteiger partial charge in [0, 0.05) is 32.8 Å². The predicted octanol–water partition coefficient (Wildman–Crippen LogP) is 14.0. The van der Waals surface area contributed by atoms with Crippen LogP contribution >= 0.6 is 0 Å². The van der Waals surface area contributed by atoms with E-state index in [0.717, 1.165) is 77.3 Å². The molecule has 0 fully saturated rings. The molecule has 1 aliphatic rings. The van der Waals surface area contributed by atoms with Gasteiger partial charge in [-0.3, -0.25) is 0 Å². The van der Waals surface area contributed by atoms with Gasteiger partial charge in [0.2, 0.25) is 0 Å². The number of aliphatic imine (C=N–C) groups is 2. The van der Waals surface area contributed by atoms with Gasteiger partial charge in [-0.25, -0.2) is 9.98 Å². The second kappa shape index (κ2) is 12.7. The number of nitrogens with one attached hydrogen (secondary N) is 1. The van der Waals surface area contributed by atoms with Gasteiger partial charge in [-0.2, -0.15) is 0 Å². The van der Waals surface area contributed by atoms with Gasteiger partial charge in [0.15, 0.2) is 11.5 Å². The van der Waals surface area contributed by atoms with Crippen LogP contribution in [-0.4, -0.2) is 16.2 Å². The fourth-order valence-electron chi connectivity index (χ4n) is 9.88. The summed E-state index contributed by atoms with van der Waals surface area (Å²) in [5.41, 5.74) is 6.84. The number of amidine groups is 2. The lowest BCUT2D eigenvalue weighted by atomic mass is 9.94. The van der Waals surface area contributed by atoms with Crippen molar-refractivity contribution in [1.29, 1.82) is 0 Å². The molecule has 12 aromatic rings. The molecule has 0 bridgehead atoms. The molecule has 0 amide bonds. The van der Waals surface area contributed by atoms with Gasteiger partial charge in [0.1, 0.15) is 17.0 Å². The number of fused-ring (bicyclic) bond motifs is 11. The van der Waals surface area contributed by atoms with Crippen LogP contribution in [0, 0.1) is 0 Å². The Morgan fingerprint density at radius 2 is 1.13 bits per heavy atom. The molecule has 0 spiro atoms. The first-order valence-electron chi connectivity index (χ1n) is 20.8. The molecule has 2 aromatic heterocycles. The number of rotatable bonds is 4. The first kappa shape index (κ1) is 33.9. The van der Waals surface area contributed by atoms with Crippen molar-refractivity contribution in [3.63, 3.8) is 0 Å². The summed E-state index contributed by atoms with van der Waals surface area (Å²) in [4.78, 5) is 11.0. The molecule has 286 valence electrons. The van der Waals surface area contributed by atoms with Crippen molar-refractivity contribution in [2.24, 2.45) is 9.98 Å². The zero-order valence-electron chi connectivity index (χ0n) is 33.2. The van der Waals surface area contributed by atoms with Crippen molar-refractivity contribution in [1.82, 2.24) is 9.88 Å². The van der Waals surface area contributed by atoms with Crippen molar-refractivity contribution in [2.75, 3.05) is 0 Å². The van der Waals surface area contributed by atoms with E-state index in [4.69, 9.17) is 14.4 Å².